The molecule has 0 amide bonds. The van der Waals surface area contributed by atoms with Gasteiger partial charge in [-0.2, -0.15) is 0 Å². The van der Waals surface area contributed by atoms with Crippen LogP contribution in [0.3, 0.4) is 0 Å². The van der Waals surface area contributed by atoms with Crippen LogP contribution >= 0.6 is 23.5 Å². The molecule has 2 unspecified atom stereocenters. The maximum atomic E-state index is 11.7. The standard InChI is InChI=1S/C27H32O4S2/c1-17(2)25(28)30-19(5)32-23-13-9-21(10-14-23)27(7,8)22-11-15-24(16-12-22)33-20(6)31-26(29)18(3)4/h9-16,19-20H,1,3H2,2,4-8H3. The third-order valence-corrected chi connectivity index (χ3v) is 6.94. The van der Waals surface area contributed by atoms with E-state index in [-0.39, 0.29) is 28.2 Å². The van der Waals surface area contributed by atoms with Gasteiger partial charge in [0.25, 0.3) is 0 Å². The molecule has 0 aliphatic rings. The minimum absolute atomic E-state index is 0.192. The van der Waals surface area contributed by atoms with E-state index in [2.05, 4.69) is 75.5 Å². The van der Waals surface area contributed by atoms with Crippen molar-refractivity contribution in [3.8, 4) is 0 Å². The molecule has 0 spiro atoms. The van der Waals surface area contributed by atoms with Crippen LogP contribution in [0.2, 0.25) is 0 Å². The Morgan fingerprint density at radius 2 is 1.03 bits per heavy atom. The van der Waals surface area contributed by atoms with Gasteiger partial charge in [0.15, 0.2) is 0 Å². The molecule has 0 aromatic heterocycles. The Hall–Kier alpha value is -2.44. The van der Waals surface area contributed by atoms with Gasteiger partial charge in [-0.25, -0.2) is 9.59 Å². The molecule has 2 aromatic carbocycles. The smallest absolute Gasteiger partial charge is 0.334 e. The fraction of sp³-hybridized carbons (Fsp3) is 0.333. The quantitative estimate of drug-likeness (QED) is 0.155. The predicted molar refractivity (Wildman–Crippen MR) is 137 cm³/mol. The van der Waals surface area contributed by atoms with Crippen molar-refractivity contribution in [3.05, 3.63) is 84.0 Å². The molecule has 0 fully saturated rings. The van der Waals surface area contributed by atoms with Crippen molar-refractivity contribution < 1.29 is 19.1 Å². The molecule has 0 radical (unpaired) electrons. The van der Waals surface area contributed by atoms with Gasteiger partial charge in [0.1, 0.15) is 10.9 Å². The van der Waals surface area contributed by atoms with Crippen LogP contribution in [0, 0.1) is 0 Å². The van der Waals surface area contributed by atoms with Crippen LogP contribution in [0.15, 0.2) is 82.6 Å². The number of carbonyl (C=O) groups is 2. The Morgan fingerprint density at radius 1 is 0.727 bits per heavy atom. The molecule has 33 heavy (non-hydrogen) atoms. The van der Waals surface area contributed by atoms with Crippen molar-refractivity contribution in [2.24, 2.45) is 0 Å². The third kappa shape index (κ3) is 7.83. The number of esters is 2. The largest absolute Gasteiger partial charge is 0.448 e. The molecule has 0 heterocycles. The van der Waals surface area contributed by atoms with E-state index in [1.165, 1.54) is 34.7 Å². The van der Waals surface area contributed by atoms with Gasteiger partial charge in [-0.1, -0.05) is 74.8 Å². The molecule has 4 nitrogen and oxygen atoms in total. The highest BCUT2D eigenvalue weighted by Gasteiger charge is 2.23. The van der Waals surface area contributed by atoms with Gasteiger partial charge in [-0.3, -0.25) is 0 Å². The Kier molecular flexibility index (Phi) is 9.44. The zero-order valence-electron chi connectivity index (χ0n) is 20.1. The first-order valence-electron chi connectivity index (χ1n) is 10.7. The zero-order valence-corrected chi connectivity index (χ0v) is 21.8. The summed E-state index contributed by atoms with van der Waals surface area (Å²) < 4.78 is 10.7. The normalized spacial score (nSPS) is 13.0. The number of carbonyl (C=O) groups excluding carboxylic acids is 2. The molecule has 0 saturated carbocycles. The van der Waals surface area contributed by atoms with E-state index in [4.69, 9.17) is 9.47 Å². The molecule has 0 aliphatic carbocycles. The van der Waals surface area contributed by atoms with E-state index in [0.29, 0.717) is 11.1 Å². The van der Waals surface area contributed by atoms with Gasteiger partial charge in [-0.05, 0) is 63.1 Å². The summed E-state index contributed by atoms with van der Waals surface area (Å²) in [5.41, 5.74) is 2.37. The number of rotatable bonds is 10. The van der Waals surface area contributed by atoms with E-state index in [1.54, 1.807) is 13.8 Å². The second kappa shape index (κ2) is 11.6. The lowest BCUT2D eigenvalue weighted by atomic mass is 9.78. The van der Waals surface area contributed by atoms with Crippen LogP contribution < -0.4 is 0 Å². The topological polar surface area (TPSA) is 52.6 Å². The van der Waals surface area contributed by atoms with Crippen molar-refractivity contribution in [3.63, 3.8) is 0 Å². The molecule has 2 atom stereocenters. The molecule has 2 rings (SSSR count). The van der Waals surface area contributed by atoms with Gasteiger partial charge in [0.2, 0.25) is 0 Å². The lowest BCUT2D eigenvalue weighted by Crippen LogP contribution is -2.18. The first kappa shape index (κ1) is 26.8. The Labute approximate surface area is 205 Å². The number of thioether (sulfide) groups is 2. The maximum absolute atomic E-state index is 11.7. The van der Waals surface area contributed by atoms with E-state index in [1.807, 2.05) is 13.8 Å². The summed E-state index contributed by atoms with van der Waals surface area (Å²) in [5.74, 6) is -0.754. The van der Waals surface area contributed by atoms with Gasteiger partial charge in [0.05, 0.1) is 0 Å². The Bertz CT molecular complexity index is 926. The van der Waals surface area contributed by atoms with Crippen LogP contribution in [-0.4, -0.2) is 22.8 Å². The molecule has 0 N–H and O–H groups in total. The zero-order chi connectivity index (χ0) is 24.8. The Balaban J connectivity index is 2.04. The summed E-state index contributed by atoms with van der Waals surface area (Å²) >= 11 is 2.98. The Morgan fingerprint density at radius 3 is 1.30 bits per heavy atom. The minimum atomic E-state index is -0.377. The van der Waals surface area contributed by atoms with Crippen molar-refractivity contribution in [2.75, 3.05) is 0 Å². The van der Waals surface area contributed by atoms with Crippen LogP contribution in [0.4, 0.5) is 0 Å². The summed E-state index contributed by atoms with van der Waals surface area (Å²) in [6, 6.07) is 16.6. The van der Waals surface area contributed by atoms with Crippen molar-refractivity contribution in [1.82, 2.24) is 0 Å². The van der Waals surface area contributed by atoms with Crippen LogP contribution in [-0.2, 0) is 24.5 Å². The minimum Gasteiger partial charge on any atom is -0.448 e. The highest BCUT2D eigenvalue weighted by atomic mass is 32.2. The highest BCUT2D eigenvalue weighted by molar-refractivity contribution is 8.00. The molecule has 6 heteroatoms. The van der Waals surface area contributed by atoms with Crippen LogP contribution in [0.1, 0.15) is 52.7 Å². The lowest BCUT2D eigenvalue weighted by Gasteiger charge is -2.27. The maximum Gasteiger partial charge on any atom is 0.334 e. The summed E-state index contributed by atoms with van der Waals surface area (Å²) in [7, 11) is 0. The van der Waals surface area contributed by atoms with Gasteiger partial charge in [-0.15, -0.1) is 0 Å². The van der Waals surface area contributed by atoms with Gasteiger partial charge < -0.3 is 9.47 Å². The number of ether oxygens (including phenoxy) is 2. The average Bonchev–Trinajstić information content (AvgIpc) is 2.74. The van der Waals surface area contributed by atoms with E-state index >= 15 is 0 Å². The van der Waals surface area contributed by atoms with Crippen molar-refractivity contribution in [2.45, 2.75) is 67.6 Å². The molecular formula is C27H32O4S2. The fourth-order valence-electron chi connectivity index (χ4n) is 3.00. The monoisotopic (exact) mass is 484 g/mol. The SMILES string of the molecule is C=C(C)C(=O)OC(C)Sc1ccc(C(C)(C)c2ccc(SC(C)OC(=O)C(=C)C)cc2)cc1. The van der Waals surface area contributed by atoms with E-state index in [9.17, 15) is 9.59 Å². The van der Waals surface area contributed by atoms with E-state index in [0.717, 1.165) is 9.79 Å². The van der Waals surface area contributed by atoms with Crippen LogP contribution in [0.25, 0.3) is 0 Å². The summed E-state index contributed by atoms with van der Waals surface area (Å²) in [6.07, 6.45) is 0. The number of hydrogen-bond donors (Lipinski definition) is 0. The molecule has 0 saturated heterocycles. The van der Waals surface area contributed by atoms with Gasteiger partial charge in [0, 0.05) is 26.4 Å². The van der Waals surface area contributed by atoms with Crippen molar-refractivity contribution in [1.29, 1.82) is 0 Å². The summed E-state index contributed by atoms with van der Waals surface area (Å²) in [5, 5.41) is 0. The average molecular weight is 485 g/mol. The number of hydrogen-bond acceptors (Lipinski definition) is 6. The predicted octanol–water partition coefficient (Wildman–Crippen LogP) is 7.13. The first-order valence-corrected chi connectivity index (χ1v) is 12.4. The lowest BCUT2D eigenvalue weighted by molar-refractivity contribution is -0.140. The second-order valence-corrected chi connectivity index (χ2v) is 11.2. The summed E-state index contributed by atoms with van der Waals surface area (Å²) in [4.78, 5) is 25.4. The third-order valence-electron chi connectivity index (χ3n) is 5.00. The molecule has 0 bridgehead atoms. The van der Waals surface area contributed by atoms with Crippen LogP contribution in [0.5, 0.6) is 0 Å². The van der Waals surface area contributed by atoms with Crippen molar-refractivity contribution >= 4 is 35.5 Å². The first-order chi connectivity index (χ1) is 15.4. The molecule has 0 aliphatic heterocycles. The van der Waals surface area contributed by atoms with Gasteiger partial charge >= 0.3 is 11.9 Å². The van der Waals surface area contributed by atoms with E-state index < -0.39 is 0 Å². The molecular weight excluding hydrogens is 452 g/mol. The molecule has 2 aromatic rings. The number of benzene rings is 2. The highest BCUT2D eigenvalue weighted by Crippen LogP contribution is 2.35. The summed E-state index contributed by atoms with van der Waals surface area (Å²) in [6.45, 7) is 18.6. The fourth-order valence-corrected chi connectivity index (χ4v) is 4.63. The molecule has 176 valence electrons. The second-order valence-electron chi connectivity index (χ2n) is 8.42.